The van der Waals surface area contributed by atoms with Gasteiger partial charge in [-0.15, -0.1) is 0 Å². The molecule has 0 amide bonds. The van der Waals surface area contributed by atoms with Crippen LogP contribution in [0.1, 0.15) is 31.9 Å². The van der Waals surface area contributed by atoms with E-state index in [-0.39, 0.29) is 12.1 Å². The van der Waals surface area contributed by atoms with Crippen molar-refractivity contribution in [3.8, 4) is 0 Å². The lowest BCUT2D eigenvalue weighted by Crippen LogP contribution is -2.32. The zero-order chi connectivity index (χ0) is 13.7. The van der Waals surface area contributed by atoms with E-state index in [1.54, 1.807) is 7.11 Å². The lowest BCUT2D eigenvalue weighted by atomic mass is 9.96. The summed E-state index contributed by atoms with van der Waals surface area (Å²) in [6.45, 7) is 5.27. The number of hydrogen-bond donors (Lipinski definition) is 1. The normalized spacial score (nSPS) is 14.5. The molecule has 0 aliphatic heterocycles. The first kappa shape index (κ1) is 14.0. The van der Waals surface area contributed by atoms with Crippen LogP contribution in [0.5, 0.6) is 0 Å². The van der Waals surface area contributed by atoms with Gasteiger partial charge in [-0.2, -0.15) is 0 Å². The molecule has 0 aliphatic carbocycles. The number of rotatable bonds is 6. The summed E-state index contributed by atoms with van der Waals surface area (Å²) in [6.07, 6.45) is 5.00. The number of methoxy groups -OCH3 is 1. The molecule has 102 valence electrons. The van der Waals surface area contributed by atoms with Gasteiger partial charge in [0.15, 0.2) is 0 Å². The average molecular weight is 258 g/mol. The summed E-state index contributed by atoms with van der Waals surface area (Å²) in [5.41, 5.74) is 1.28. The Hall–Kier alpha value is -1.45. The van der Waals surface area contributed by atoms with Crippen molar-refractivity contribution in [3.05, 3.63) is 42.2 Å². The Bertz CT molecular complexity index is 522. The number of nitrogens with zero attached hydrogens (tertiary/aromatic N) is 1. The van der Waals surface area contributed by atoms with Crippen molar-refractivity contribution in [3.63, 3.8) is 0 Å². The summed E-state index contributed by atoms with van der Waals surface area (Å²) in [6, 6.07) is 8.64. The van der Waals surface area contributed by atoms with Gasteiger partial charge in [0, 0.05) is 24.9 Å². The molecule has 0 bridgehead atoms. The number of fused-ring (bicyclic) bond motifs is 1. The highest BCUT2D eigenvalue weighted by Crippen LogP contribution is 2.26. The molecule has 2 atom stereocenters. The second-order valence-electron chi connectivity index (χ2n) is 4.82. The van der Waals surface area contributed by atoms with E-state index in [9.17, 15) is 0 Å². The predicted molar refractivity (Wildman–Crippen MR) is 79.2 cm³/mol. The molecule has 3 nitrogen and oxygen atoms in total. The maximum absolute atomic E-state index is 5.53. The molecule has 0 radical (unpaired) electrons. The SMILES string of the molecule is CCCNC(c1cccc2cnccc12)C(C)OC. The first-order chi connectivity index (χ1) is 9.27. The number of nitrogens with one attached hydrogen (secondary N) is 1. The largest absolute Gasteiger partial charge is 0.380 e. The van der Waals surface area contributed by atoms with Gasteiger partial charge in [-0.25, -0.2) is 0 Å². The number of benzene rings is 1. The van der Waals surface area contributed by atoms with E-state index in [4.69, 9.17) is 4.74 Å². The van der Waals surface area contributed by atoms with Gasteiger partial charge in [0.1, 0.15) is 0 Å². The fourth-order valence-electron chi connectivity index (χ4n) is 2.38. The maximum Gasteiger partial charge on any atom is 0.0738 e. The van der Waals surface area contributed by atoms with Crippen molar-refractivity contribution < 1.29 is 4.74 Å². The van der Waals surface area contributed by atoms with Crippen LogP contribution in [0, 0.1) is 0 Å². The third-order valence-corrected chi connectivity index (χ3v) is 3.50. The molecule has 0 aliphatic rings. The van der Waals surface area contributed by atoms with Crippen molar-refractivity contribution >= 4 is 10.8 Å². The molecule has 3 heteroatoms. The molecule has 19 heavy (non-hydrogen) atoms. The molecule has 0 saturated heterocycles. The van der Waals surface area contributed by atoms with Crippen LogP contribution >= 0.6 is 0 Å². The van der Waals surface area contributed by atoms with E-state index in [2.05, 4.69) is 48.4 Å². The van der Waals surface area contributed by atoms with Gasteiger partial charge in [0.25, 0.3) is 0 Å². The predicted octanol–water partition coefficient (Wildman–Crippen LogP) is 3.31. The van der Waals surface area contributed by atoms with Gasteiger partial charge in [-0.3, -0.25) is 4.98 Å². The van der Waals surface area contributed by atoms with Gasteiger partial charge in [-0.1, -0.05) is 25.1 Å². The summed E-state index contributed by atoms with van der Waals surface area (Å²) < 4.78 is 5.53. The smallest absolute Gasteiger partial charge is 0.0738 e. The minimum Gasteiger partial charge on any atom is -0.380 e. The Labute approximate surface area is 115 Å². The van der Waals surface area contributed by atoms with Crippen LogP contribution < -0.4 is 5.32 Å². The van der Waals surface area contributed by atoms with Gasteiger partial charge in [0.2, 0.25) is 0 Å². The summed E-state index contributed by atoms with van der Waals surface area (Å²) in [7, 11) is 1.76. The third kappa shape index (κ3) is 3.11. The number of aromatic nitrogens is 1. The monoisotopic (exact) mass is 258 g/mol. The van der Waals surface area contributed by atoms with Gasteiger partial charge in [0.05, 0.1) is 12.1 Å². The van der Waals surface area contributed by atoms with E-state index < -0.39 is 0 Å². The first-order valence-electron chi connectivity index (χ1n) is 6.86. The fourth-order valence-corrected chi connectivity index (χ4v) is 2.38. The number of pyridine rings is 1. The molecule has 1 heterocycles. The molecule has 0 saturated carbocycles. The second-order valence-corrected chi connectivity index (χ2v) is 4.82. The van der Waals surface area contributed by atoms with Gasteiger partial charge >= 0.3 is 0 Å². The van der Waals surface area contributed by atoms with E-state index >= 15 is 0 Å². The van der Waals surface area contributed by atoms with Crippen molar-refractivity contribution in [2.24, 2.45) is 0 Å². The summed E-state index contributed by atoms with van der Waals surface area (Å²) in [4.78, 5) is 4.19. The zero-order valence-corrected chi connectivity index (χ0v) is 11.9. The summed E-state index contributed by atoms with van der Waals surface area (Å²) >= 11 is 0. The Morgan fingerprint density at radius 2 is 2.16 bits per heavy atom. The lowest BCUT2D eigenvalue weighted by Gasteiger charge is -2.25. The fraction of sp³-hybridized carbons (Fsp3) is 0.438. The Balaban J connectivity index is 2.43. The molecule has 1 aromatic carbocycles. The molecule has 2 rings (SSSR count). The van der Waals surface area contributed by atoms with Crippen molar-refractivity contribution in [1.82, 2.24) is 10.3 Å². The van der Waals surface area contributed by atoms with Crippen LogP contribution in [0.25, 0.3) is 10.8 Å². The van der Waals surface area contributed by atoms with Crippen LogP contribution in [0.2, 0.25) is 0 Å². The van der Waals surface area contributed by atoms with E-state index in [1.165, 1.54) is 16.3 Å². The van der Waals surface area contributed by atoms with Crippen LogP contribution in [-0.4, -0.2) is 24.7 Å². The van der Waals surface area contributed by atoms with E-state index in [0.717, 1.165) is 13.0 Å². The molecular formula is C16H22N2O. The van der Waals surface area contributed by atoms with Crippen molar-refractivity contribution in [2.45, 2.75) is 32.4 Å². The van der Waals surface area contributed by atoms with Crippen LogP contribution in [0.15, 0.2) is 36.7 Å². The second kappa shape index (κ2) is 6.64. The van der Waals surface area contributed by atoms with E-state index in [0.29, 0.717) is 0 Å². The quantitative estimate of drug-likeness (QED) is 0.863. The van der Waals surface area contributed by atoms with Crippen LogP contribution in [-0.2, 0) is 4.74 Å². The minimum atomic E-state index is 0.130. The Kier molecular flexibility index (Phi) is 4.88. The van der Waals surface area contributed by atoms with Gasteiger partial charge < -0.3 is 10.1 Å². The summed E-state index contributed by atoms with van der Waals surface area (Å²) in [5, 5.41) is 6.00. The number of hydrogen-bond acceptors (Lipinski definition) is 3. The van der Waals surface area contributed by atoms with Crippen molar-refractivity contribution in [2.75, 3.05) is 13.7 Å². The highest BCUT2D eigenvalue weighted by Gasteiger charge is 2.20. The Morgan fingerprint density at radius 1 is 1.32 bits per heavy atom. The van der Waals surface area contributed by atoms with Crippen molar-refractivity contribution in [1.29, 1.82) is 0 Å². The third-order valence-electron chi connectivity index (χ3n) is 3.50. The number of ether oxygens (including phenoxy) is 1. The molecule has 1 aromatic heterocycles. The van der Waals surface area contributed by atoms with Gasteiger partial charge in [-0.05, 0) is 36.9 Å². The lowest BCUT2D eigenvalue weighted by molar-refractivity contribution is 0.0835. The molecule has 2 aromatic rings. The summed E-state index contributed by atoms with van der Waals surface area (Å²) in [5.74, 6) is 0. The Morgan fingerprint density at radius 3 is 2.89 bits per heavy atom. The van der Waals surface area contributed by atoms with Crippen LogP contribution in [0.3, 0.4) is 0 Å². The molecule has 0 spiro atoms. The van der Waals surface area contributed by atoms with E-state index in [1.807, 2.05) is 12.4 Å². The minimum absolute atomic E-state index is 0.130. The highest BCUT2D eigenvalue weighted by molar-refractivity contribution is 5.85. The molecule has 2 unspecified atom stereocenters. The standard InChI is InChI=1S/C16H22N2O/c1-4-9-18-16(12(2)19-3)15-7-5-6-13-11-17-10-8-14(13)15/h5-8,10-12,16,18H,4,9H2,1-3H3. The molecule has 1 N–H and O–H groups in total. The van der Waals surface area contributed by atoms with Crippen LogP contribution in [0.4, 0.5) is 0 Å². The maximum atomic E-state index is 5.53. The topological polar surface area (TPSA) is 34.2 Å². The highest BCUT2D eigenvalue weighted by atomic mass is 16.5. The molecular weight excluding hydrogens is 236 g/mol. The zero-order valence-electron chi connectivity index (χ0n) is 11.9. The average Bonchev–Trinajstić information content (AvgIpc) is 2.47. The molecule has 0 fully saturated rings. The first-order valence-corrected chi connectivity index (χ1v) is 6.86.